The largest absolute Gasteiger partial charge is 0.496 e. The Balaban J connectivity index is 1.97. The predicted octanol–water partition coefficient (Wildman–Crippen LogP) is 1.37. The number of methoxy groups -OCH3 is 1. The summed E-state index contributed by atoms with van der Waals surface area (Å²) < 4.78 is 5.24. The van der Waals surface area contributed by atoms with Gasteiger partial charge in [-0.15, -0.1) is 0 Å². The van der Waals surface area contributed by atoms with Gasteiger partial charge in [0.15, 0.2) is 0 Å². The molecule has 106 valence electrons. The maximum atomic E-state index is 12.5. The van der Waals surface area contributed by atoms with Crippen molar-refractivity contribution in [1.29, 1.82) is 5.26 Å². The molecular formula is C15H19N3O2. The summed E-state index contributed by atoms with van der Waals surface area (Å²) in [5, 5.41) is 8.59. The van der Waals surface area contributed by atoms with E-state index in [2.05, 4.69) is 11.0 Å². The van der Waals surface area contributed by atoms with Gasteiger partial charge in [0.1, 0.15) is 5.75 Å². The number of nitrogens with zero attached hydrogens (tertiary/aromatic N) is 3. The van der Waals surface area contributed by atoms with E-state index in [9.17, 15) is 4.79 Å². The number of piperazine rings is 1. The number of hydrogen-bond donors (Lipinski definition) is 0. The molecule has 0 aliphatic carbocycles. The van der Waals surface area contributed by atoms with E-state index in [0.717, 1.165) is 19.6 Å². The molecule has 0 spiro atoms. The van der Waals surface area contributed by atoms with Crippen LogP contribution in [0.2, 0.25) is 0 Å². The van der Waals surface area contributed by atoms with Crippen LogP contribution < -0.4 is 4.74 Å². The van der Waals surface area contributed by atoms with Crippen LogP contribution in [0.3, 0.4) is 0 Å². The zero-order valence-corrected chi connectivity index (χ0v) is 11.7. The number of ether oxygens (including phenoxy) is 1. The standard InChI is InChI=1S/C15H19N3O2/c1-20-14-6-3-2-5-13(14)15(19)18-11-9-17(10-12-18)8-4-7-16/h2-3,5-6H,4,8-12H2,1H3. The third-order valence-corrected chi connectivity index (χ3v) is 3.54. The van der Waals surface area contributed by atoms with Crippen molar-refractivity contribution >= 4 is 5.91 Å². The van der Waals surface area contributed by atoms with Gasteiger partial charge in [0.2, 0.25) is 0 Å². The third kappa shape index (κ3) is 3.28. The van der Waals surface area contributed by atoms with Crippen LogP contribution in [0.5, 0.6) is 5.75 Å². The first-order valence-corrected chi connectivity index (χ1v) is 6.78. The maximum Gasteiger partial charge on any atom is 0.257 e. The molecule has 1 aromatic carbocycles. The summed E-state index contributed by atoms with van der Waals surface area (Å²) in [7, 11) is 1.58. The highest BCUT2D eigenvalue weighted by atomic mass is 16.5. The van der Waals surface area contributed by atoms with Crippen molar-refractivity contribution in [2.24, 2.45) is 0 Å². The van der Waals surface area contributed by atoms with Crippen LogP contribution in [-0.2, 0) is 0 Å². The lowest BCUT2D eigenvalue weighted by Gasteiger charge is -2.34. The molecule has 0 N–H and O–H groups in total. The van der Waals surface area contributed by atoms with Crippen molar-refractivity contribution in [2.75, 3.05) is 39.8 Å². The summed E-state index contributed by atoms with van der Waals surface area (Å²) in [6.07, 6.45) is 0.542. The summed E-state index contributed by atoms with van der Waals surface area (Å²) in [4.78, 5) is 16.5. The van der Waals surface area contributed by atoms with Gasteiger partial charge in [-0.2, -0.15) is 5.26 Å². The normalized spacial score (nSPS) is 15.7. The number of para-hydroxylation sites is 1. The Bertz CT molecular complexity index is 502. The van der Waals surface area contributed by atoms with E-state index in [1.165, 1.54) is 0 Å². The summed E-state index contributed by atoms with van der Waals surface area (Å²) >= 11 is 0. The predicted molar refractivity (Wildman–Crippen MR) is 75.6 cm³/mol. The average molecular weight is 273 g/mol. The first kappa shape index (κ1) is 14.4. The second-order valence-corrected chi connectivity index (χ2v) is 4.74. The molecule has 0 atom stereocenters. The summed E-state index contributed by atoms with van der Waals surface area (Å²) in [6, 6.07) is 9.45. The summed E-state index contributed by atoms with van der Waals surface area (Å²) in [5.74, 6) is 0.631. The molecule has 0 radical (unpaired) electrons. The molecule has 1 heterocycles. The van der Waals surface area contributed by atoms with Crippen LogP contribution in [0.25, 0.3) is 0 Å². The van der Waals surface area contributed by atoms with Gasteiger partial charge < -0.3 is 9.64 Å². The van der Waals surface area contributed by atoms with Crippen LogP contribution in [0.4, 0.5) is 0 Å². The molecule has 1 aromatic rings. The molecular weight excluding hydrogens is 254 g/mol. The fraction of sp³-hybridized carbons (Fsp3) is 0.467. The highest BCUT2D eigenvalue weighted by molar-refractivity contribution is 5.97. The van der Waals surface area contributed by atoms with Gasteiger partial charge in [0, 0.05) is 39.1 Å². The van der Waals surface area contributed by atoms with E-state index >= 15 is 0 Å². The molecule has 1 saturated heterocycles. The van der Waals surface area contributed by atoms with E-state index < -0.39 is 0 Å². The first-order valence-electron chi connectivity index (χ1n) is 6.78. The molecule has 1 aliphatic rings. The molecule has 5 nitrogen and oxygen atoms in total. The molecule has 20 heavy (non-hydrogen) atoms. The number of carbonyl (C=O) groups is 1. The quantitative estimate of drug-likeness (QED) is 0.831. The molecule has 0 saturated carbocycles. The van der Waals surface area contributed by atoms with E-state index in [0.29, 0.717) is 30.8 Å². The third-order valence-electron chi connectivity index (χ3n) is 3.54. The second kappa shape index (κ2) is 6.92. The first-order chi connectivity index (χ1) is 9.76. The SMILES string of the molecule is COc1ccccc1C(=O)N1CCN(CCC#N)CC1. The number of nitriles is 1. The Hall–Kier alpha value is -2.06. The monoisotopic (exact) mass is 273 g/mol. The molecule has 2 rings (SSSR count). The van der Waals surface area contributed by atoms with Gasteiger partial charge in [0.25, 0.3) is 5.91 Å². The fourth-order valence-electron chi connectivity index (χ4n) is 2.37. The maximum absolute atomic E-state index is 12.5. The van der Waals surface area contributed by atoms with Crippen LogP contribution in [0, 0.1) is 11.3 Å². The Kier molecular flexibility index (Phi) is 4.97. The van der Waals surface area contributed by atoms with Crippen LogP contribution >= 0.6 is 0 Å². The molecule has 0 bridgehead atoms. The van der Waals surface area contributed by atoms with Gasteiger partial charge in [0.05, 0.1) is 18.7 Å². The van der Waals surface area contributed by atoms with E-state index in [1.807, 2.05) is 17.0 Å². The molecule has 0 aromatic heterocycles. The number of rotatable bonds is 4. The van der Waals surface area contributed by atoms with Gasteiger partial charge in [-0.3, -0.25) is 9.69 Å². The Morgan fingerprint density at radius 1 is 1.30 bits per heavy atom. The zero-order chi connectivity index (χ0) is 14.4. The Labute approximate surface area is 119 Å². The van der Waals surface area contributed by atoms with Crippen molar-refractivity contribution in [2.45, 2.75) is 6.42 Å². The summed E-state index contributed by atoms with van der Waals surface area (Å²) in [6.45, 7) is 3.82. The molecule has 1 aliphatic heterocycles. The minimum atomic E-state index is 0.0161. The number of amides is 1. The number of hydrogen-bond acceptors (Lipinski definition) is 4. The average Bonchev–Trinajstić information content (AvgIpc) is 2.52. The van der Waals surface area contributed by atoms with Crippen molar-refractivity contribution in [3.8, 4) is 11.8 Å². The minimum absolute atomic E-state index is 0.0161. The Morgan fingerprint density at radius 3 is 2.65 bits per heavy atom. The molecule has 0 unspecified atom stereocenters. The lowest BCUT2D eigenvalue weighted by molar-refractivity contribution is 0.0636. The van der Waals surface area contributed by atoms with Crippen molar-refractivity contribution in [1.82, 2.24) is 9.80 Å². The smallest absolute Gasteiger partial charge is 0.257 e. The van der Waals surface area contributed by atoms with Gasteiger partial charge in [-0.05, 0) is 12.1 Å². The fourth-order valence-corrected chi connectivity index (χ4v) is 2.37. The van der Waals surface area contributed by atoms with Crippen molar-refractivity contribution in [3.05, 3.63) is 29.8 Å². The van der Waals surface area contributed by atoms with Crippen LogP contribution in [0.1, 0.15) is 16.8 Å². The topological polar surface area (TPSA) is 56.6 Å². The Morgan fingerprint density at radius 2 is 2.00 bits per heavy atom. The highest BCUT2D eigenvalue weighted by Gasteiger charge is 2.23. The summed E-state index contributed by atoms with van der Waals surface area (Å²) in [5.41, 5.74) is 0.612. The van der Waals surface area contributed by atoms with Gasteiger partial charge in [-0.25, -0.2) is 0 Å². The van der Waals surface area contributed by atoms with Crippen LogP contribution in [-0.4, -0.2) is 55.5 Å². The number of carbonyl (C=O) groups excluding carboxylic acids is 1. The molecule has 1 amide bonds. The second-order valence-electron chi connectivity index (χ2n) is 4.74. The molecule has 1 fully saturated rings. The van der Waals surface area contributed by atoms with E-state index in [-0.39, 0.29) is 5.91 Å². The van der Waals surface area contributed by atoms with E-state index in [4.69, 9.17) is 10.00 Å². The molecule has 5 heteroatoms. The van der Waals surface area contributed by atoms with Crippen molar-refractivity contribution in [3.63, 3.8) is 0 Å². The number of benzene rings is 1. The minimum Gasteiger partial charge on any atom is -0.496 e. The van der Waals surface area contributed by atoms with Gasteiger partial charge >= 0.3 is 0 Å². The van der Waals surface area contributed by atoms with Gasteiger partial charge in [-0.1, -0.05) is 12.1 Å². The lowest BCUT2D eigenvalue weighted by Crippen LogP contribution is -2.48. The lowest BCUT2D eigenvalue weighted by atomic mass is 10.1. The van der Waals surface area contributed by atoms with Crippen LogP contribution in [0.15, 0.2) is 24.3 Å². The highest BCUT2D eigenvalue weighted by Crippen LogP contribution is 2.20. The van der Waals surface area contributed by atoms with Crippen molar-refractivity contribution < 1.29 is 9.53 Å². The van der Waals surface area contributed by atoms with E-state index in [1.54, 1.807) is 19.2 Å². The zero-order valence-electron chi connectivity index (χ0n) is 11.7.